The van der Waals surface area contributed by atoms with Gasteiger partial charge in [-0.25, -0.2) is 17.5 Å². The van der Waals surface area contributed by atoms with Crippen molar-refractivity contribution in [1.82, 2.24) is 9.62 Å². The fourth-order valence-corrected chi connectivity index (χ4v) is 3.53. The van der Waals surface area contributed by atoms with Crippen molar-refractivity contribution in [2.75, 3.05) is 19.3 Å². The highest BCUT2D eigenvalue weighted by atomic mass is 79.9. The lowest BCUT2D eigenvalue weighted by atomic mass is 10.0. The summed E-state index contributed by atoms with van der Waals surface area (Å²) in [5.41, 5.74) is 0.415. The van der Waals surface area contributed by atoms with Gasteiger partial charge in [-0.2, -0.15) is 0 Å². The van der Waals surface area contributed by atoms with E-state index in [1.807, 2.05) is 0 Å². The molecule has 1 aliphatic rings. The van der Waals surface area contributed by atoms with Crippen LogP contribution in [-0.4, -0.2) is 44.6 Å². The number of nitrogens with zero attached hydrogens (tertiary/aromatic N) is 1. The van der Waals surface area contributed by atoms with Gasteiger partial charge in [0.05, 0.1) is 10.7 Å². The van der Waals surface area contributed by atoms with Gasteiger partial charge in [-0.3, -0.25) is 4.79 Å². The molecule has 1 heterocycles. The minimum Gasteiger partial charge on any atom is -0.339 e. The molecule has 0 atom stereocenters. The summed E-state index contributed by atoms with van der Waals surface area (Å²) in [5.74, 6) is -0.587. The fraction of sp³-hybridized carbons (Fsp3) is 0.462. The van der Waals surface area contributed by atoms with Gasteiger partial charge in [-0.05, 0) is 47.0 Å². The van der Waals surface area contributed by atoms with Crippen molar-refractivity contribution in [3.63, 3.8) is 0 Å². The third-order valence-electron chi connectivity index (χ3n) is 3.33. The van der Waals surface area contributed by atoms with Crippen molar-refractivity contribution in [1.29, 1.82) is 0 Å². The number of sulfonamides is 1. The van der Waals surface area contributed by atoms with E-state index in [0.717, 1.165) is 6.26 Å². The highest BCUT2D eigenvalue weighted by molar-refractivity contribution is 9.10. The van der Waals surface area contributed by atoms with Gasteiger partial charge in [-0.15, -0.1) is 0 Å². The van der Waals surface area contributed by atoms with Crippen molar-refractivity contribution in [3.05, 3.63) is 34.1 Å². The van der Waals surface area contributed by atoms with Crippen molar-refractivity contribution < 1.29 is 17.6 Å². The summed E-state index contributed by atoms with van der Waals surface area (Å²) in [6.07, 6.45) is 2.27. The number of halogens is 2. The van der Waals surface area contributed by atoms with Crippen LogP contribution >= 0.6 is 15.9 Å². The molecule has 0 aliphatic carbocycles. The maximum atomic E-state index is 13.2. The van der Waals surface area contributed by atoms with Crippen molar-refractivity contribution >= 4 is 31.9 Å². The zero-order valence-electron chi connectivity index (χ0n) is 11.5. The van der Waals surface area contributed by atoms with Crippen molar-refractivity contribution in [3.8, 4) is 0 Å². The van der Waals surface area contributed by atoms with E-state index in [9.17, 15) is 17.6 Å². The van der Waals surface area contributed by atoms with Crippen LogP contribution in [0.2, 0.25) is 0 Å². The lowest BCUT2D eigenvalue weighted by Crippen LogP contribution is -2.46. The summed E-state index contributed by atoms with van der Waals surface area (Å²) < 4.78 is 38.3. The Labute approximate surface area is 131 Å². The summed E-state index contributed by atoms with van der Waals surface area (Å²) in [6, 6.07) is 4.01. The average molecular weight is 379 g/mol. The Kier molecular flexibility index (Phi) is 5.00. The van der Waals surface area contributed by atoms with E-state index in [0.29, 0.717) is 31.5 Å². The average Bonchev–Trinajstić information content (AvgIpc) is 2.40. The van der Waals surface area contributed by atoms with Crippen LogP contribution in [0.1, 0.15) is 23.2 Å². The number of likely N-dealkylation sites (tertiary alicyclic amines) is 1. The van der Waals surface area contributed by atoms with Gasteiger partial charge in [0.15, 0.2) is 0 Å². The minimum absolute atomic E-state index is 0.135. The second kappa shape index (κ2) is 6.41. The Balaban J connectivity index is 1.98. The van der Waals surface area contributed by atoms with Crippen LogP contribution in [-0.2, 0) is 10.0 Å². The quantitative estimate of drug-likeness (QED) is 0.870. The van der Waals surface area contributed by atoms with Crippen molar-refractivity contribution in [2.45, 2.75) is 18.9 Å². The maximum Gasteiger partial charge on any atom is 0.253 e. The first-order valence-electron chi connectivity index (χ1n) is 6.48. The number of carbonyl (C=O) groups excluding carboxylic acids is 1. The molecule has 0 spiro atoms. The zero-order valence-corrected chi connectivity index (χ0v) is 13.9. The van der Waals surface area contributed by atoms with Gasteiger partial charge in [0.1, 0.15) is 5.82 Å². The Morgan fingerprint density at radius 3 is 2.52 bits per heavy atom. The fourth-order valence-electron chi connectivity index (χ4n) is 2.31. The number of nitrogens with one attached hydrogen (secondary N) is 1. The number of benzene rings is 1. The van der Waals surface area contributed by atoms with Gasteiger partial charge in [-0.1, -0.05) is 0 Å². The van der Waals surface area contributed by atoms with Gasteiger partial charge >= 0.3 is 0 Å². The second-order valence-electron chi connectivity index (χ2n) is 5.09. The third kappa shape index (κ3) is 4.49. The molecule has 0 aromatic heterocycles. The van der Waals surface area contributed by atoms with E-state index in [2.05, 4.69) is 20.7 Å². The van der Waals surface area contributed by atoms with Gasteiger partial charge < -0.3 is 4.90 Å². The highest BCUT2D eigenvalue weighted by Crippen LogP contribution is 2.20. The van der Waals surface area contributed by atoms with Crippen LogP contribution in [0.15, 0.2) is 22.7 Å². The van der Waals surface area contributed by atoms with E-state index in [-0.39, 0.29) is 16.4 Å². The van der Waals surface area contributed by atoms with Crippen LogP contribution in [0.3, 0.4) is 0 Å². The topological polar surface area (TPSA) is 66.5 Å². The molecule has 1 aromatic rings. The molecule has 0 saturated carbocycles. The molecule has 0 radical (unpaired) electrons. The number of carbonyl (C=O) groups is 1. The molecular weight excluding hydrogens is 363 g/mol. The summed E-state index contributed by atoms with van der Waals surface area (Å²) in [6.45, 7) is 0.946. The molecular formula is C13H16BrFN2O3S. The molecule has 21 heavy (non-hydrogen) atoms. The van der Waals surface area contributed by atoms with E-state index < -0.39 is 15.8 Å². The predicted octanol–water partition coefficient (Wildman–Crippen LogP) is 1.74. The third-order valence-corrected chi connectivity index (χ3v) is 4.70. The van der Waals surface area contributed by atoms with Crippen LogP contribution in [0.4, 0.5) is 4.39 Å². The van der Waals surface area contributed by atoms with Crippen LogP contribution in [0.5, 0.6) is 0 Å². The first-order chi connectivity index (χ1) is 9.76. The number of hydrogen-bond acceptors (Lipinski definition) is 3. The standard InChI is InChI=1S/C13H16BrFN2O3S/c1-21(19,20)16-10-4-6-17(7-5-10)13(18)9-2-3-12(15)11(14)8-9/h2-3,8,10,16H,4-7H2,1H3. The molecule has 1 aliphatic heterocycles. The number of amides is 1. The monoisotopic (exact) mass is 378 g/mol. The summed E-state index contributed by atoms with van der Waals surface area (Å²) in [5, 5.41) is 0. The Bertz CT molecular complexity index is 643. The van der Waals surface area contributed by atoms with Crippen molar-refractivity contribution in [2.24, 2.45) is 0 Å². The van der Waals surface area contributed by atoms with Crippen LogP contribution < -0.4 is 4.72 Å². The number of rotatable bonds is 3. The predicted molar refractivity (Wildman–Crippen MR) is 81.0 cm³/mol. The molecule has 0 bridgehead atoms. The largest absolute Gasteiger partial charge is 0.339 e. The maximum absolute atomic E-state index is 13.2. The summed E-state index contributed by atoms with van der Waals surface area (Å²) in [7, 11) is -3.23. The second-order valence-corrected chi connectivity index (χ2v) is 7.72. The summed E-state index contributed by atoms with van der Waals surface area (Å²) in [4.78, 5) is 14.0. The lowest BCUT2D eigenvalue weighted by Gasteiger charge is -2.32. The van der Waals surface area contributed by atoms with Crippen LogP contribution in [0.25, 0.3) is 0 Å². The van der Waals surface area contributed by atoms with E-state index in [1.165, 1.54) is 18.2 Å². The molecule has 1 aromatic carbocycles. The smallest absolute Gasteiger partial charge is 0.253 e. The Hall–Kier alpha value is -0.990. The van der Waals surface area contributed by atoms with E-state index in [4.69, 9.17) is 0 Å². The number of piperidine rings is 1. The normalized spacial score (nSPS) is 17.0. The van der Waals surface area contributed by atoms with Crippen LogP contribution in [0, 0.1) is 5.82 Å². The first kappa shape index (κ1) is 16.4. The highest BCUT2D eigenvalue weighted by Gasteiger charge is 2.25. The minimum atomic E-state index is -3.23. The molecule has 8 heteroatoms. The molecule has 0 unspecified atom stereocenters. The molecule has 1 saturated heterocycles. The van der Waals surface area contributed by atoms with Gasteiger partial charge in [0, 0.05) is 24.7 Å². The lowest BCUT2D eigenvalue weighted by molar-refractivity contribution is 0.0711. The molecule has 2 rings (SSSR count). The first-order valence-corrected chi connectivity index (χ1v) is 9.16. The Morgan fingerprint density at radius 1 is 1.38 bits per heavy atom. The number of hydrogen-bond donors (Lipinski definition) is 1. The molecule has 1 amide bonds. The van der Waals surface area contributed by atoms with Gasteiger partial charge in [0.25, 0.3) is 5.91 Å². The summed E-state index contributed by atoms with van der Waals surface area (Å²) >= 11 is 3.06. The zero-order chi connectivity index (χ0) is 15.6. The molecule has 1 fully saturated rings. The van der Waals surface area contributed by atoms with E-state index in [1.54, 1.807) is 4.90 Å². The molecule has 5 nitrogen and oxygen atoms in total. The Morgan fingerprint density at radius 2 is 2.00 bits per heavy atom. The van der Waals surface area contributed by atoms with Gasteiger partial charge in [0.2, 0.25) is 10.0 Å². The molecule has 1 N–H and O–H groups in total. The molecule has 116 valence electrons. The SMILES string of the molecule is CS(=O)(=O)NC1CCN(C(=O)c2ccc(F)c(Br)c2)CC1. The van der Waals surface area contributed by atoms with E-state index >= 15 is 0 Å².